The first kappa shape index (κ1) is 19.7. The number of hydrogen-bond acceptors (Lipinski definition) is 3. The van der Waals surface area contributed by atoms with Crippen LogP contribution in [-0.4, -0.2) is 24.0 Å². The third kappa shape index (κ3) is 4.81. The van der Waals surface area contributed by atoms with E-state index in [1.807, 2.05) is 30.4 Å². The second-order valence-corrected chi connectivity index (χ2v) is 7.11. The van der Waals surface area contributed by atoms with Crippen LogP contribution in [0.5, 0.6) is 0 Å². The molecule has 2 aromatic carbocycles. The molecule has 0 atom stereocenters. The van der Waals surface area contributed by atoms with Crippen molar-refractivity contribution in [2.75, 3.05) is 12.1 Å². The van der Waals surface area contributed by atoms with Crippen molar-refractivity contribution >= 4 is 29.2 Å². The number of nitrogens with one attached hydrogen (secondary N) is 1. The molecule has 1 aliphatic rings. The molecule has 1 aliphatic carbocycles. The zero-order valence-corrected chi connectivity index (χ0v) is 16.2. The lowest BCUT2D eigenvalue weighted by atomic mass is 9.94. The molecular weight excluding hydrogens is 376 g/mol. The number of carboxylic acid groups (broad SMARTS) is 1. The molecule has 144 valence electrons. The number of rotatable bonds is 6. The minimum Gasteiger partial charge on any atom is -0.478 e. The Kier molecular flexibility index (Phi) is 6.16. The van der Waals surface area contributed by atoms with Gasteiger partial charge >= 0.3 is 5.97 Å². The van der Waals surface area contributed by atoms with E-state index < -0.39 is 5.97 Å². The Morgan fingerprint density at radius 1 is 1.07 bits per heavy atom. The van der Waals surface area contributed by atoms with E-state index in [1.54, 1.807) is 30.3 Å². The van der Waals surface area contributed by atoms with Crippen LogP contribution in [0.2, 0.25) is 0 Å². The van der Waals surface area contributed by atoms with Gasteiger partial charge in [0.05, 0.1) is 11.3 Å². The van der Waals surface area contributed by atoms with E-state index in [0.717, 1.165) is 23.4 Å². The number of nitrogens with zero attached hydrogens (tertiary/aromatic N) is 1. The van der Waals surface area contributed by atoms with Crippen molar-refractivity contribution in [3.8, 4) is 0 Å². The largest absolute Gasteiger partial charge is 0.478 e. The van der Waals surface area contributed by atoms with Crippen molar-refractivity contribution in [1.82, 2.24) is 5.43 Å². The number of allylic oxidation sites excluding steroid dienone is 4. The van der Waals surface area contributed by atoms with E-state index in [0.29, 0.717) is 17.7 Å². The zero-order valence-electron chi connectivity index (χ0n) is 15.5. The number of hydrogen-bond donors (Lipinski definition) is 2. The van der Waals surface area contributed by atoms with Crippen LogP contribution < -0.4 is 10.4 Å². The van der Waals surface area contributed by atoms with Gasteiger partial charge in [-0.05, 0) is 61.2 Å². The van der Waals surface area contributed by atoms with Crippen LogP contribution in [0.3, 0.4) is 0 Å². The number of amides is 1. The lowest BCUT2D eigenvalue weighted by Gasteiger charge is -2.21. The summed E-state index contributed by atoms with van der Waals surface area (Å²) in [6, 6.07) is 13.8. The van der Waals surface area contributed by atoms with Gasteiger partial charge in [0.2, 0.25) is 0 Å². The summed E-state index contributed by atoms with van der Waals surface area (Å²) in [5.74, 6) is -1.20. The number of aromatic carboxylic acids is 1. The quantitative estimate of drug-likeness (QED) is 0.703. The maximum Gasteiger partial charge on any atom is 0.335 e. The molecule has 0 aliphatic heterocycles. The molecule has 2 N–H and O–H groups in total. The van der Waals surface area contributed by atoms with Crippen LogP contribution in [0.1, 0.15) is 39.1 Å². The number of anilines is 1. The molecule has 1 amide bonds. The van der Waals surface area contributed by atoms with Crippen LogP contribution in [-0.2, 0) is 6.42 Å². The predicted octanol–water partition coefficient (Wildman–Crippen LogP) is 4.55. The molecule has 0 radical (unpaired) electrons. The SMILES string of the molecule is CN(NC(=O)c1ccccc1CC1=CC=C(Cl)CC1)c1ccc(C(=O)O)cc1. The fourth-order valence-electron chi connectivity index (χ4n) is 3.05. The summed E-state index contributed by atoms with van der Waals surface area (Å²) >= 11 is 6.02. The smallest absolute Gasteiger partial charge is 0.335 e. The standard InChI is InChI=1S/C22H21ClN2O3/c1-25(19-12-8-16(9-13-19)22(27)28)24-21(26)20-5-3-2-4-17(20)14-15-6-10-18(23)11-7-15/h2-6,8-10,12-13H,7,11,14H2,1H3,(H,24,26)(H,27,28). The van der Waals surface area contributed by atoms with Crippen molar-refractivity contribution in [1.29, 1.82) is 0 Å². The summed E-state index contributed by atoms with van der Waals surface area (Å²) in [4.78, 5) is 23.8. The monoisotopic (exact) mass is 396 g/mol. The summed E-state index contributed by atoms with van der Waals surface area (Å²) in [5.41, 5.74) is 6.52. The molecule has 0 spiro atoms. The van der Waals surface area contributed by atoms with Gasteiger partial charge < -0.3 is 5.11 Å². The third-order valence-corrected chi connectivity index (χ3v) is 4.95. The van der Waals surface area contributed by atoms with Gasteiger partial charge in [-0.15, -0.1) is 0 Å². The Labute approximate surface area is 168 Å². The average molecular weight is 397 g/mol. The number of benzene rings is 2. The molecule has 5 nitrogen and oxygen atoms in total. The molecule has 0 aromatic heterocycles. The van der Waals surface area contributed by atoms with Gasteiger partial charge in [-0.1, -0.05) is 41.4 Å². The van der Waals surface area contributed by atoms with Crippen molar-refractivity contribution < 1.29 is 14.7 Å². The van der Waals surface area contributed by atoms with Crippen molar-refractivity contribution in [2.45, 2.75) is 19.3 Å². The number of halogens is 1. The highest BCUT2D eigenvalue weighted by atomic mass is 35.5. The van der Waals surface area contributed by atoms with Gasteiger partial charge in [-0.3, -0.25) is 15.2 Å². The minimum atomic E-state index is -0.986. The van der Waals surface area contributed by atoms with Crippen LogP contribution >= 0.6 is 11.6 Å². The van der Waals surface area contributed by atoms with E-state index in [9.17, 15) is 9.59 Å². The van der Waals surface area contributed by atoms with Crippen LogP contribution in [0, 0.1) is 0 Å². The fraction of sp³-hybridized carbons (Fsp3) is 0.182. The predicted molar refractivity (Wildman–Crippen MR) is 111 cm³/mol. The Morgan fingerprint density at radius 3 is 2.43 bits per heavy atom. The highest BCUT2D eigenvalue weighted by molar-refractivity contribution is 6.29. The van der Waals surface area contributed by atoms with E-state index >= 15 is 0 Å². The zero-order chi connectivity index (χ0) is 20.1. The topological polar surface area (TPSA) is 69.6 Å². The normalized spacial score (nSPS) is 13.4. The lowest BCUT2D eigenvalue weighted by molar-refractivity contribution is 0.0696. The molecule has 0 heterocycles. The van der Waals surface area contributed by atoms with Gasteiger partial charge in [0.1, 0.15) is 0 Å². The van der Waals surface area contributed by atoms with Gasteiger partial charge in [-0.2, -0.15) is 0 Å². The van der Waals surface area contributed by atoms with Gasteiger partial charge in [0.25, 0.3) is 5.91 Å². The molecular formula is C22H21ClN2O3. The molecule has 0 unspecified atom stereocenters. The second-order valence-electron chi connectivity index (χ2n) is 6.62. The van der Waals surface area contributed by atoms with Crippen molar-refractivity contribution in [3.63, 3.8) is 0 Å². The number of hydrazine groups is 1. The molecule has 0 bridgehead atoms. The molecule has 0 fully saturated rings. The first-order valence-electron chi connectivity index (χ1n) is 8.94. The number of carbonyl (C=O) groups is 2. The molecule has 28 heavy (non-hydrogen) atoms. The van der Waals surface area contributed by atoms with Crippen LogP contribution in [0.4, 0.5) is 5.69 Å². The Morgan fingerprint density at radius 2 is 1.79 bits per heavy atom. The van der Waals surface area contributed by atoms with E-state index in [2.05, 4.69) is 5.43 Å². The van der Waals surface area contributed by atoms with E-state index in [4.69, 9.17) is 16.7 Å². The minimum absolute atomic E-state index is 0.198. The summed E-state index contributed by atoms with van der Waals surface area (Å²) < 4.78 is 0. The Hall–Kier alpha value is -3.05. The fourth-order valence-corrected chi connectivity index (χ4v) is 3.21. The van der Waals surface area contributed by atoms with Gasteiger partial charge in [0.15, 0.2) is 0 Å². The summed E-state index contributed by atoms with van der Waals surface area (Å²) in [6.45, 7) is 0. The summed E-state index contributed by atoms with van der Waals surface area (Å²) in [7, 11) is 1.72. The molecule has 3 rings (SSSR count). The first-order valence-corrected chi connectivity index (χ1v) is 9.32. The van der Waals surface area contributed by atoms with Crippen molar-refractivity contribution in [3.05, 3.63) is 88.0 Å². The summed E-state index contributed by atoms with van der Waals surface area (Å²) in [6.07, 6.45) is 6.35. The van der Waals surface area contributed by atoms with E-state index in [-0.39, 0.29) is 11.5 Å². The molecule has 2 aromatic rings. The van der Waals surface area contributed by atoms with Crippen LogP contribution in [0.25, 0.3) is 0 Å². The van der Waals surface area contributed by atoms with Gasteiger partial charge in [0, 0.05) is 17.6 Å². The molecule has 6 heteroatoms. The highest BCUT2D eigenvalue weighted by Gasteiger charge is 2.15. The lowest BCUT2D eigenvalue weighted by Crippen LogP contribution is -2.39. The van der Waals surface area contributed by atoms with E-state index in [1.165, 1.54) is 17.7 Å². The van der Waals surface area contributed by atoms with Crippen LogP contribution in [0.15, 0.2) is 71.3 Å². The third-order valence-electron chi connectivity index (χ3n) is 4.64. The molecule has 0 saturated heterocycles. The van der Waals surface area contributed by atoms with Gasteiger partial charge in [-0.25, -0.2) is 4.79 Å². The number of carboxylic acids is 1. The highest BCUT2D eigenvalue weighted by Crippen LogP contribution is 2.25. The first-order chi connectivity index (χ1) is 13.4. The van der Waals surface area contributed by atoms with Crippen molar-refractivity contribution in [2.24, 2.45) is 0 Å². The number of carbonyl (C=O) groups excluding carboxylic acids is 1. The second kappa shape index (κ2) is 8.76. The maximum atomic E-state index is 12.8. The molecule has 0 saturated carbocycles. The maximum absolute atomic E-state index is 12.8. The summed E-state index contributed by atoms with van der Waals surface area (Å²) in [5, 5.41) is 11.4. The average Bonchev–Trinajstić information content (AvgIpc) is 2.70. The Balaban J connectivity index is 1.73. The Bertz CT molecular complexity index is 949.